The number of carboxylic acid groups (broad SMARTS) is 1. The Kier molecular flexibility index (Phi) is 29.2. The molecular formula is C33H65N15O7S3. The lowest BCUT2D eigenvalue weighted by Crippen LogP contribution is -2.59. The van der Waals surface area contributed by atoms with E-state index in [1.807, 2.05) is 18.8 Å². The number of carboxylic acids is 1. The van der Waals surface area contributed by atoms with Gasteiger partial charge in [0, 0.05) is 19.6 Å². The molecule has 332 valence electrons. The predicted octanol–water partition coefficient (Wildman–Crippen LogP) is -3.76. The van der Waals surface area contributed by atoms with E-state index < -0.39 is 71.8 Å². The van der Waals surface area contributed by atoms with Gasteiger partial charge in [0.1, 0.15) is 30.2 Å². The van der Waals surface area contributed by atoms with Crippen molar-refractivity contribution in [2.75, 3.05) is 55.7 Å². The van der Waals surface area contributed by atoms with Crippen molar-refractivity contribution in [3.05, 3.63) is 0 Å². The van der Waals surface area contributed by atoms with Crippen molar-refractivity contribution in [2.45, 2.75) is 94.0 Å². The third-order valence-corrected chi connectivity index (χ3v) is 10.1. The lowest BCUT2D eigenvalue weighted by molar-refractivity contribution is -0.142. The van der Waals surface area contributed by atoms with Gasteiger partial charge in [-0.3, -0.25) is 38.9 Å². The highest BCUT2D eigenvalue weighted by atomic mass is 32.2. The van der Waals surface area contributed by atoms with E-state index in [1.54, 1.807) is 0 Å². The number of nitrogens with two attached hydrogens (primary N) is 7. The van der Waals surface area contributed by atoms with Crippen molar-refractivity contribution in [3.63, 3.8) is 0 Å². The third-order valence-electron chi connectivity index (χ3n) is 8.17. The van der Waals surface area contributed by atoms with Crippen LogP contribution in [0.15, 0.2) is 15.0 Å². The van der Waals surface area contributed by atoms with E-state index >= 15 is 0 Å². The summed E-state index contributed by atoms with van der Waals surface area (Å²) >= 11 is 4.34. The number of carbonyl (C=O) groups excluding carboxylic acids is 5. The number of hydrogen-bond acceptors (Lipinski definition) is 13. The minimum atomic E-state index is -1.28. The normalized spacial score (nSPS) is 13.9. The number of amides is 5. The molecule has 0 saturated carbocycles. The van der Waals surface area contributed by atoms with Crippen LogP contribution in [0, 0.1) is 0 Å². The molecule has 5 amide bonds. The van der Waals surface area contributed by atoms with E-state index in [1.165, 1.54) is 35.3 Å². The molecule has 0 spiro atoms. The number of aliphatic carboxylic acids is 1. The molecule has 0 radical (unpaired) electrons. The van der Waals surface area contributed by atoms with Gasteiger partial charge in [-0.15, -0.1) is 0 Å². The maximum Gasteiger partial charge on any atom is 0.326 e. The summed E-state index contributed by atoms with van der Waals surface area (Å²) in [5.41, 5.74) is 38.5. The van der Waals surface area contributed by atoms with E-state index in [4.69, 9.17) is 40.1 Å². The third kappa shape index (κ3) is 25.1. The zero-order valence-corrected chi connectivity index (χ0v) is 36.0. The maximum atomic E-state index is 13.9. The fourth-order valence-electron chi connectivity index (χ4n) is 5.06. The fourth-order valence-corrected chi connectivity index (χ4v) is 6.49. The Balaban J connectivity index is 6.35. The number of nitrogens with one attached hydrogen (secondary N) is 5. The van der Waals surface area contributed by atoms with E-state index in [9.17, 15) is 33.9 Å². The zero-order chi connectivity index (χ0) is 44.0. The average Bonchev–Trinajstić information content (AvgIpc) is 3.16. The number of nitrogens with zero attached hydrogens (tertiary/aromatic N) is 3. The standard InChI is InChI=1S/C33H65N15O7S3/c1-56-16-10-19(34)25(49)44-20(7-4-13-41-31(35)36)26(50)45-21(8-5-14-42-32(37)38)27(51)46-22(11-17-57-2)28(52)47-23(12-18-58-3)29(53)48-24(30(54)55)9-6-15-43-33(39)40/h19-24H,4-18,34H2,1-3H3,(H,44,49)(H,45,50)(H,46,51)(H,47,52)(H,48,53)(H,54,55)(H4,35,36,41)(H4,37,38,42)(H4,39,40,43). The van der Waals surface area contributed by atoms with E-state index in [0.717, 1.165) is 0 Å². The Bertz CT molecular complexity index is 1380. The number of guanidine groups is 3. The van der Waals surface area contributed by atoms with Crippen LogP contribution >= 0.6 is 35.3 Å². The molecule has 0 bridgehead atoms. The number of carbonyl (C=O) groups is 6. The maximum absolute atomic E-state index is 13.9. The smallest absolute Gasteiger partial charge is 0.326 e. The first-order valence-corrected chi connectivity index (χ1v) is 22.8. The largest absolute Gasteiger partial charge is 0.480 e. The molecule has 22 nitrogen and oxygen atoms in total. The zero-order valence-electron chi connectivity index (χ0n) is 33.6. The number of aliphatic imine (C=N–C) groups is 3. The Morgan fingerprint density at radius 1 is 0.466 bits per heavy atom. The molecule has 6 atom stereocenters. The summed E-state index contributed by atoms with van der Waals surface area (Å²) in [5.74, 6) is -3.63. The predicted molar refractivity (Wildman–Crippen MR) is 234 cm³/mol. The summed E-state index contributed by atoms with van der Waals surface area (Å²) in [6, 6.07) is -6.82. The highest BCUT2D eigenvalue weighted by Crippen LogP contribution is 2.10. The topological polar surface area (TPSA) is 402 Å². The van der Waals surface area contributed by atoms with Crippen LogP contribution in [0.4, 0.5) is 0 Å². The molecule has 0 aliphatic rings. The van der Waals surface area contributed by atoms with Crippen LogP contribution in [-0.4, -0.2) is 150 Å². The molecule has 0 saturated heterocycles. The van der Waals surface area contributed by atoms with Crippen molar-refractivity contribution in [1.29, 1.82) is 0 Å². The van der Waals surface area contributed by atoms with Crippen LogP contribution in [0.2, 0.25) is 0 Å². The average molecular weight is 880 g/mol. The van der Waals surface area contributed by atoms with Crippen molar-refractivity contribution < 1.29 is 33.9 Å². The van der Waals surface area contributed by atoms with E-state index in [0.29, 0.717) is 30.1 Å². The van der Waals surface area contributed by atoms with Gasteiger partial charge in [-0.25, -0.2) is 4.79 Å². The molecule has 0 aromatic carbocycles. The van der Waals surface area contributed by atoms with Crippen LogP contribution in [0.5, 0.6) is 0 Å². The van der Waals surface area contributed by atoms with Crippen LogP contribution in [0.3, 0.4) is 0 Å². The molecular weight excluding hydrogens is 815 g/mol. The second-order valence-corrected chi connectivity index (χ2v) is 15.9. The van der Waals surface area contributed by atoms with Crippen LogP contribution < -0.4 is 66.7 Å². The van der Waals surface area contributed by atoms with Gasteiger partial charge in [-0.1, -0.05) is 0 Å². The van der Waals surface area contributed by atoms with Gasteiger partial charge in [-0.2, -0.15) is 35.3 Å². The molecule has 0 aromatic heterocycles. The Hall–Kier alpha value is -4.36. The Labute approximate surface area is 352 Å². The molecule has 20 N–H and O–H groups in total. The summed E-state index contributed by atoms with van der Waals surface area (Å²) in [7, 11) is 0. The van der Waals surface area contributed by atoms with Crippen molar-refractivity contribution in [3.8, 4) is 0 Å². The summed E-state index contributed by atoms with van der Waals surface area (Å²) in [6.07, 6.45) is 7.12. The lowest BCUT2D eigenvalue weighted by atomic mass is 10.1. The van der Waals surface area contributed by atoms with E-state index in [-0.39, 0.29) is 82.5 Å². The molecule has 0 aromatic rings. The first-order chi connectivity index (χ1) is 27.5. The van der Waals surface area contributed by atoms with Gasteiger partial charge in [0.15, 0.2) is 17.9 Å². The highest BCUT2D eigenvalue weighted by molar-refractivity contribution is 7.98. The lowest BCUT2D eigenvalue weighted by Gasteiger charge is -2.27. The fraction of sp³-hybridized carbons (Fsp3) is 0.727. The molecule has 6 unspecified atom stereocenters. The van der Waals surface area contributed by atoms with Gasteiger partial charge >= 0.3 is 5.97 Å². The van der Waals surface area contributed by atoms with Crippen LogP contribution in [0.25, 0.3) is 0 Å². The number of thioether (sulfide) groups is 3. The number of rotatable bonds is 32. The van der Waals surface area contributed by atoms with E-state index in [2.05, 4.69) is 41.6 Å². The van der Waals surface area contributed by atoms with Gasteiger partial charge in [0.25, 0.3) is 0 Å². The molecule has 0 aliphatic carbocycles. The van der Waals surface area contributed by atoms with Crippen molar-refractivity contribution >= 4 is 88.7 Å². The summed E-state index contributed by atoms with van der Waals surface area (Å²) in [6.45, 7) is 0.448. The van der Waals surface area contributed by atoms with Crippen molar-refractivity contribution in [1.82, 2.24) is 26.6 Å². The summed E-state index contributed by atoms with van der Waals surface area (Å²) in [4.78, 5) is 91.5. The quantitative estimate of drug-likeness (QED) is 0.0175. The van der Waals surface area contributed by atoms with Gasteiger partial charge in [0.2, 0.25) is 29.5 Å². The molecule has 0 fully saturated rings. The number of hydrogen-bond donors (Lipinski definition) is 13. The molecule has 0 heterocycles. The minimum absolute atomic E-state index is 0.0232. The van der Waals surface area contributed by atoms with Gasteiger partial charge in [-0.05, 0) is 93.8 Å². The van der Waals surface area contributed by atoms with Crippen LogP contribution in [-0.2, 0) is 28.8 Å². The first-order valence-electron chi connectivity index (χ1n) is 18.6. The SMILES string of the molecule is CSCCC(N)C(=O)NC(CCCN=C(N)N)C(=O)NC(CCCN=C(N)N)C(=O)NC(CCSC)C(=O)NC(CCSC)C(=O)NC(CCCN=C(N)N)C(=O)O. The minimum Gasteiger partial charge on any atom is -0.480 e. The molecule has 25 heteroatoms. The summed E-state index contributed by atoms with van der Waals surface area (Å²) in [5, 5.41) is 23.0. The molecule has 58 heavy (non-hydrogen) atoms. The first kappa shape index (κ1) is 53.6. The van der Waals surface area contributed by atoms with Crippen LogP contribution in [0.1, 0.15) is 57.8 Å². The monoisotopic (exact) mass is 879 g/mol. The Morgan fingerprint density at radius 3 is 1.05 bits per heavy atom. The highest BCUT2D eigenvalue weighted by Gasteiger charge is 2.32. The molecule has 0 aliphatic heterocycles. The van der Waals surface area contributed by atoms with Gasteiger partial charge in [0.05, 0.1) is 6.04 Å². The van der Waals surface area contributed by atoms with Gasteiger partial charge < -0.3 is 71.8 Å². The second-order valence-electron chi connectivity index (χ2n) is 12.9. The second kappa shape index (κ2) is 31.6. The van der Waals surface area contributed by atoms with Crippen molar-refractivity contribution in [2.24, 2.45) is 55.1 Å². The Morgan fingerprint density at radius 2 is 0.741 bits per heavy atom. The summed E-state index contributed by atoms with van der Waals surface area (Å²) < 4.78 is 0. The molecule has 0 rings (SSSR count).